The molecule has 0 aliphatic rings. The van der Waals surface area contributed by atoms with Crippen LogP contribution in [0.5, 0.6) is 5.75 Å². The molecule has 2 aromatic carbocycles. The lowest BCUT2D eigenvalue weighted by atomic mass is 10.2. The Bertz CT molecular complexity index is 1230. The molecular formula is C23H19F3N4O3S. The average Bonchev–Trinajstić information content (AvgIpc) is 3.51. The number of hydrogen-bond acceptors (Lipinski definition) is 6. The van der Waals surface area contributed by atoms with E-state index in [1.54, 1.807) is 0 Å². The first-order valence-electron chi connectivity index (χ1n) is 10.1. The van der Waals surface area contributed by atoms with Gasteiger partial charge >= 0.3 is 6.18 Å². The first-order valence-corrected chi connectivity index (χ1v) is 11.1. The van der Waals surface area contributed by atoms with Crippen LogP contribution in [0, 0.1) is 0 Å². The number of furan rings is 1. The fourth-order valence-corrected chi connectivity index (χ4v) is 3.84. The molecule has 7 nitrogen and oxygen atoms in total. The van der Waals surface area contributed by atoms with Gasteiger partial charge < -0.3 is 14.5 Å². The van der Waals surface area contributed by atoms with Crippen molar-refractivity contribution in [1.82, 2.24) is 20.1 Å². The summed E-state index contributed by atoms with van der Waals surface area (Å²) in [7, 11) is 0. The van der Waals surface area contributed by atoms with Crippen LogP contribution in [-0.4, -0.2) is 33.0 Å². The molecule has 0 saturated carbocycles. The molecule has 4 aromatic rings. The van der Waals surface area contributed by atoms with E-state index in [0.29, 0.717) is 28.8 Å². The monoisotopic (exact) mass is 488 g/mol. The molecule has 0 spiro atoms. The zero-order valence-electron chi connectivity index (χ0n) is 17.7. The molecule has 2 heterocycles. The Morgan fingerprint density at radius 1 is 1.09 bits per heavy atom. The maximum absolute atomic E-state index is 13.3. The van der Waals surface area contributed by atoms with Gasteiger partial charge in [0.05, 0.1) is 36.2 Å². The minimum Gasteiger partial charge on any atom is -0.493 e. The maximum Gasteiger partial charge on any atom is 0.416 e. The fraction of sp³-hybridized carbons (Fsp3) is 0.174. The van der Waals surface area contributed by atoms with E-state index in [1.165, 1.54) is 47.1 Å². The number of alkyl halides is 3. The van der Waals surface area contributed by atoms with Crippen molar-refractivity contribution in [2.24, 2.45) is 0 Å². The Balaban J connectivity index is 1.54. The minimum absolute atomic E-state index is 0.0473. The van der Waals surface area contributed by atoms with Gasteiger partial charge in [0.25, 0.3) is 5.91 Å². The Morgan fingerprint density at radius 3 is 2.65 bits per heavy atom. The average molecular weight is 488 g/mol. The molecule has 2 aromatic heterocycles. The smallest absolute Gasteiger partial charge is 0.416 e. The lowest BCUT2D eigenvalue weighted by molar-refractivity contribution is -0.137. The lowest BCUT2D eigenvalue weighted by Gasteiger charge is -2.13. The number of para-hydroxylation sites is 1. The van der Waals surface area contributed by atoms with E-state index in [-0.39, 0.29) is 18.1 Å². The summed E-state index contributed by atoms with van der Waals surface area (Å²) in [6, 6.07) is 15.6. The van der Waals surface area contributed by atoms with Gasteiger partial charge in [-0.25, -0.2) is 0 Å². The van der Waals surface area contributed by atoms with E-state index < -0.39 is 17.6 Å². The number of rotatable bonds is 9. The second-order valence-corrected chi connectivity index (χ2v) is 8.05. The Labute approximate surface area is 196 Å². The van der Waals surface area contributed by atoms with Gasteiger partial charge in [-0.1, -0.05) is 36.0 Å². The van der Waals surface area contributed by atoms with Crippen molar-refractivity contribution in [1.29, 1.82) is 0 Å². The van der Waals surface area contributed by atoms with Crippen molar-refractivity contribution in [2.45, 2.75) is 17.9 Å². The van der Waals surface area contributed by atoms with Crippen LogP contribution in [0.1, 0.15) is 21.7 Å². The second-order valence-electron chi connectivity index (χ2n) is 6.99. The van der Waals surface area contributed by atoms with Crippen LogP contribution in [0.2, 0.25) is 0 Å². The first kappa shape index (κ1) is 23.4. The van der Waals surface area contributed by atoms with Gasteiger partial charge in [-0.2, -0.15) is 13.2 Å². The molecule has 0 aliphatic carbocycles. The van der Waals surface area contributed by atoms with Crippen LogP contribution in [0.4, 0.5) is 13.2 Å². The highest BCUT2D eigenvalue weighted by Crippen LogP contribution is 2.31. The SMILES string of the molecule is O=C(NCc1nnc(SCCOc2ccccc2)n1-c1cccc(C(F)(F)F)c1)c1ccoc1. The summed E-state index contributed by atoms with van der Waals surface area (Å²) in [5.41, 5.74) is -0.243. The van der Waals surface area contributed by atoms with E-state index in [1.807, 2.05) is 30.3 Å². The normalized spacial score (nSPS) is 11.4. The Hall–Kier alpha value is -3.73. The summed E-state index contributed by atoms with van der Waals surface area (Å²) in [5, 5.41) is 11.3. The number of nitrogens with one attached hydrogen (secondary N) is 1. The minimum atomic E-state index is -4.50. The summed E-state index contributed by atoms with van der Waals surface area (Å²) < 4.78 is 52.0. The van der Waals surface area contributed by atoms with Gasteiger partial charge in [0.1, 0.15) is 12.0 Å². The van der Waals surface area contributed by atoms with Crippen molar-refractivity contribution in [3.8, 4) is 11.4 Å². The summed E-state index contributed by atoms with van der Waals surface area (Å²) in [6.45, 7) is 0.311. The van der Waals surface area contributed by atoms with E-state index in [2.05, 4.69) is 15.5 Å². The molecule has 0 unspecified atom stereocenters. The molecule has 0 bridgehead atoms. The Kier molecular flexibility index (Phi) is 7.21. The molecule has 1 amide bonds. The number of aromatic nitrogens is 3. The summed E-state index contributed by atoms with van der Waals surface area (Å²) in [5.74, 6) is 1.07. The number of thioether (sulfide) groups is 1. The standard InChI is InChI=1S/C23H19F3N4O3S/c24-23(25,26)17-5-4-6-18(13-17)30-20(14-27-21(31)16-9-10-32-15-16)28-29-22(30)34-12-11-33-19-7-2-1-3-8-19/h1-10,13,15H,11-12,14H2,(H,27,31). The van der Waals surface area contributed by atoms with Crippen molar-refractivity contribution >= 4 is 17.7 Å². The van der Waals surface area contributed by atoms with Crippen molar-refractivity contribution in [3.05, 3.63) is 90.1 Å². The molecule has 34 heavy (non-hydrogen) atoms. The van der Waals surface area contributed by atoms with Crippen LogP contribution >= 0.6 is 11.8 Å². The van der Waals surface area contributed by atoms with Crippen molar-refractivity contribution < 1.29 is 27.1 Å². The first-order chi connectivity index (χ1) is 16.4. The fourth-order valence-electron chi connectivity index (χ4n) is 3.05. The summed E-state index contributed by atoms with van der Waals surface area (Å²) in [6.07, 6.45) is -1.84. The number of nitrogens with zero attached hydrogens (tertiary/aromatic N) is 3. The van der Waals surface area contributed by atoms with Crippen LogP contribution in [0.25, 0.3) is 5.69 Å². The Morgan fingerprint density at radius 2 is 1.91 bits per heavy atom. The predicted octanol–water partition coefficient (Wildman–Crippen LogP) is 4.98. The summed E-state index contributed by atoms with van der Waals surface area (Å²) >= 11 is 1.28. The number of halogens is 3. The van der Waals surface area contributed by atoms with E-state index in [4.69, 9.17) is 9.15 Å². The van der Waals surface area contributed by atoms with Gasteiger partial charge in [-0.3, -0.25) is 9.36 Å². The lowest BCUT2D eigenvalue weighted by Crippen LogP contribution is -2.24. The van der Waals surface area contributed by atoms with Crippen LogP contribution in [0.15, 0.2) is 82.8 Å². The van der Waals surface area contributed by atoms with Gasteiger partial charge in [-0.05, 0) is 36.4 Å². The quantitative estimate of drug-likeness (QED) is 0.264. The van der Waals surface area contributed by atoms with Crippen LogP contribution in [-0.2, 0) is 12.7 Å². The van der Waals surface area contributed by atoms with Gasteiger partial charge in [-0.15, -0.1) is 10.2 Å². The number of benzene rings is 2. The van der Waals surface area contributed by atoms with E-state index in [9.17, 15) is 18.0 Å². The number of hydrogen-bond donors (Lipinski definition) is 1. The predicted molar refractivity (Wildman–Crippen MR) is 119 cm³/mol. The molecular weight excluding hydrogens is 469 g/mol. The van der Waals surface area contributed by atoms with Gasteiger partial charge in [0.2, 0.25) is 0 Å². The summed E-state index contributed by atoms with van der Waals surface area (Å²) in [4.78, 5) is 12.3. The zero-order valence-corrected chi connectivity index (χ0v) is 18.5. The van der Waals surface area contributed by atoms with E-state index in [0.717, 1.165) is 12.1 Å². The molecule has 176 valence electrons. The third-order valence-corrected chi connectivity index (χ3v) is 5.54. The second kappa shape index (κ2) is 10.5. The van der Waals surface area contributed by atoms with Crippen LogP contribution in [0.3, 0.4) is 0 Å². The third kappa shape index (κ3) is 5.79. The maximum atomic E-state index is 13.3. The molecule has 0 saturated heterocycles. The molecule has 0 atom stereocenters. The third-order valence-electron chi connectivity index (χ3n) is 4.65. The highest BCUT2D eigenvalue weighted by molar-refractivity contribution is 7.99. The van der Waals surface area contributed by atoms with E-state index >= 15 is 0 Å². The van der Waals surface area contributed by atoms with Gasteiger partial charge in [0.15, 0.2) is 11.0 Å². The molecule has 0 fully saturated rings. The highest BCUT2D eigenvalue weighted by atomic mass is 32.2. The largest absolute Gasteiger partial charge is 0.493 e. The molecule has 1 N–H and O–H groups in total. The number of carbonyl (C=O) groups excluding carboxylic acids is 1. The van der Waals surface area contributed by atoms with Crippen molar-refractivity contribution in [2.75, 3.05) is 12.4 Å². The number of carbonyl (C=O) groups is 1. The number of ether oxygens (including phenoxy) is 1. The van der Waals surface area contributed by atoms with Gasteiger partial charge in [0, 0.05) is 5.75 Å². The molecule has 11 heteroatoms. The molecule has 0 radical (unpaired) electrons. The van der Waals surface area contributed by atoms with Crippen molar-refractivity contribution in [3.63, 3.8) is 0 Å². The molecule has 0 aliphatic heterocycles. The highest BCUT2D eigenvalue weighted by Gasteiger charge is 2.31. The molecule has 4 rings (SSSR count). The topological polar surface area (TPSA) is 82.2 Å². The zero-order chi connectivity index (χ0) is 24.0. The van der Waals surface area contributed by atoms with Crippen LogP contribution < -0.4 is 10.1 Å². The number of amides is 1.